The molecule has 0 radical (unpaired) electrons. The maximum Gasteiger partial charge on any atom is 0.306 e. The largest absolute Gasteiger partial charge is 0.453 e. The Morgan fingerprint density at radius 2 is 1.69 bits per heavy atom. The van der Waals surface area contributed by atoms with E-state index >= 15 is 0 Å². The number of halogens is 1. The highest BCUT2D eigenvalue weighted by Crippen LogP contribution is 2.08. The van der Waals surface area contributed by atoms with Crippen LogP contribution in [0.25, 0.3) is 0 Å². The zero-order chi connectivity index (χ0) is 12.4. The Balaban J connectivity index is 3.40. The first kappa shape index (κ1) is 15.4. The van der Waals surface area contributed by atoms with Gasteiger partial charge in [0.15, 0.2) is 6.10 Å². The van der Waals surface area contributed by atoms with Crippen LogP contribution in [-0.4, -0.2) is 17.3 Å². The molecule has 0 rings (SSSR count). The van der Waals surface area contributed by atoms with Crippen LogP contribution < -0.4 is 0 Å². The molecular formula is C12H21ClO3. The molecule has 0 aromatic rings. The summed E-state index contributed by atoms with van der Waals surface area (Å²) in [6.07, 6.45) is 6.27. The van der Waals surface area contributed by atoms with E-state index in [1.54, 1.807) is 0 Å². The highest BCUT2D eigenvalue weighted by atomic mass is 35.5. The van der Waals surface area contributed by atoms with Gasteiger partial charge >= 0.3 is 5.97 Å². The van der Waals surface area contributed by atoms with E-state index in [1.807, 2.05) is 0 Å². The molecule has 0 heterocycles. The topological polar surface area (TPSA) is 43.4 Å². The number of rotatable bonds is 9. The molecule has 0 spiro atoms. The summed E-state index contributed by atoms with van der Waals surface area (Å²) in [5.41, 5.74) is 0. The van der Waals surface area contributed by atoms with E-state index in [0.717, 1.165) is 19.3 Å². The monoisotopic (exact) mass is 248 g/mol. The maximum absolute atomic E-state index is 11.2. The second kappa shape index (κ2) is 9.64. The van der Waals surface area contributed by atoms with Crippen molar-refractivity contribution in [3.63, 3.8) is 0 Å². The van der Waals surface area contributed by atoms with Crippen LogP contribution in [0.1, 0.15) is 58.8 Å². The van der Waals surface area contributed by atoms with Gasteiger partial charge in [0, 0.05) is 6.42 Å². The zero-order valence-corrected chi connectivity index (χ0v) is 10.9. The van der Waals surface area contributed by atoms with E-state index in [-0.39, 0.29) is 5.97 Å². The van der Waals surface area contributed by atoms with Gasteiger partial charge in [-0.3, -0.25) is 9.59 Å². The number of unbranched alkanes of at least 4 members (excludes halogenated alkanes) is 5. The molecule has 4 heteroatoms. The van der Waals surface area contributed by atoms with Crippen LogP contribution in [0.4, 0.5) is 0 Å². The molecule has 0 aliphatic heterocycles. The van der Waals surface area contributed by atoms with E-state index in [4.69, 9.17) is 16.3 Å². The van der Waals surface area contributed by atoms with Crippen molar-refractivity contribution in [3.05, 3.63) is 0 Å². The second-order valence-corrected chi connectivity index (χ2v) is 4.33. The molecule has 3 nitrogen and oxygen atoms in total. The molecule has 0 amide bonds. The van der Waals surface area contributed by atoms with Crippen molar-refractivity contribution in [1.82, 2.24) is 0 Å². The summed E-state index contributed by atoms with van der Waals surface area (Å²) in [6.45, 7) is 3.65. The van der Waals surface area contributed by atoms with Gasteiger partial charge in [-0.25, -0.2) is 0 Å². The fourth-order valence-corrected chi connectivity index (χ4v) is 1.40. The molecule has 0 fully saturated rings. The standard InChI is InChI=1S/C12H21ClO3/c1-3-4-5-6-7-8-9-11(14)16-10(2)12(13)15/h10H,3-9H2,1-2H3. The Morgan fingerprint density at radius 1 is 1.12 bits per heavy atom. The van der Waals surface area contributed by atoms with E-state index in [0.29, 0.717) is 6.42 Å². The van der Waals surface area contributed by atoms with Gasteiger partial charge in [0.2, 0.25) is 0 Å². The fourth-order valence-electron chi connectivity index (χ4n) is 1.35. The predicted octanol–water partition coefficient (Wildman–Crippen LogP) is 3.43. The SMILES string of the molecule is CCCCCCCCC(=O)OC(C)C(=O)Cl. The first-order chi connectivity index (χ1) is 7.57. The second-order valence-electron chi connectivity index (χ2n) is 3.95. The highest BCUT2D eigenvalue weighted by Gasteiger charge is 2.14. The number of carbonyl (C=O) groups is 2. The van der Waals surface area contributed by atoms with Crippen LogP contribution in [0.15, 0.2) is 0 Å². The third kappa shape index (κ3) is 8.72. The Morgan fingerprint density at radius 3 is 2.25 bits per heavy atom. The first-order valence-corrected chi connectivity index (χ1v) is 6.34. The lowest BCUT2D eigenvalue weighted by atomic mass is 10.1. The lowest BCUT2D eigenvalue weighted by Crippen LogP contribution is -2.20. The van der Waals surface area contributed by atoms with Crippen molar-refractivity contribution in [1.29, 1.82) is 0 Å². The minimum Gasteiger partial charge on any atom is -0.453 e. The third-order valence-corrected chi connectivity index (χ3v) is 2.67. The molecule has 0 aromatic heterocycles. The number of hydrogen-bond donors (Lipinski definition) is 0. The summed E-state index contributed by atoms with van der Waals surface area (Å²) in [5, 5.41) is -0.628. The minimum atomic E-state index is -0.825. The van der Waals surface area contributed by atoms with Gasteiger partial charge in [0.1, 0.15) is 0 Å². The Kier molecular flexibility index (Phi) is 9.30. The van der Waals surface area contributed by atoms with Crippen LogP contribution in [0.2, 0.25) is 0 Å². The summed E-state index contributed by atoms with van der Waals surface area (Å²) in [6, 6.07) is 0. The Hall–Kier alpha value is -0.570. The van der Waals surface area contributed by atoms with Crippen LogP contribution in [0.3, 0.4) is 0 Å². The number of carbonyl (C=O) groups excluding carboxylic acids is 2. The molecule has 0 saturated heterocycles. The van der Waals surface area contributed by atoms with E-state index in [1.165, 1.54) is 26.2 Å². The molecule has 94 valence electrons. The van der Waals surface area contributed by atoms with Crippen LogP contribution in [0.5, 0.6) is 0 Å². The molecule has 0 aliphatic carbocycles. The summed E-state index contributed by atoms with van der Waals surface area (Å²) in [4.78, 5) is 21.8. The molecule has 0 N–H and O–H groups in total. The van der Waals surface area contributed by atoms with Gasteiger partial charge in [0.05, 0.1) is 0 Å². The Bertz CT molecular complexity index is 216. The quantitative estimate of drug-likeness (QED) is 0.357. The van der Waals surface area contributed by atoms with Gasteiger partial charge in [-0.15, -0.1) is 0 Å². The molecule has 0 aliphatic rings. The van der Waals surface area contributed by atoms with E-state index in [9.17, 15) is 9.59 Å². The molecular weight excluding hydrogens is 228 g/mol. The summed E-state index contributed by atoms with van der Waals surface area (Å²) in [7, 11) is 0. The van der Waals surface area contributed by atoms with Gasteiger partial charge in [-0.1, -0.05) is 39.0 Å². The lowest BCUT2D eigenvalue weighted by Gasteiger charge is -2.08. The van der Waals surface area contributed by atoms with Crippen LogP contribution >= 0.6 is 11.6 Å². The molecule has 1 atom stereocenters. The molecule has 0 aromatic carbocycles. The van der Waals surface area contributed by atoms with Crippen molar-refractivity contribution >= 4 is 22.8 Å². The normalized spacial score (nSPS) is 12.2. The van der Waals surface area contributed by atoms with Crippen molar-refractivity contribution in [3.8, 4) is 0 Å². The van der Waals surface area contributed by atoms with Crippen molar-refractivity contribution < 1.29 is 14.3 Å². The first-order valence-electron chi connectivity index (χ1n) is 5.96. The van der Waals surface area contributed by atoms with Gasteiger partial charge in [0.25, 0.3) is 5.24 Å². The summed E-state index contributed by atoms with van der Waals surface area (Å²) in [5.74, 6) is -0.336. The van der Waals surface area contributed by atoms with Crippen LogP contribution in [0, 0.1) is 0 Å². The van der Waals surface area contributed by atoms with Gasteiger partial charge in [-0.05, 0) is 24.9 Å². The van der Waals surface area contributed by atoms with Crippen molar-refractivity contribution in [2.24, 2.45) is 0 Å². The molecule has 0 saturated carbocycles. The van der Waals surface area contributed by atoms with Gasteiger partial charge in [-0.2, -0.15) is 0 Å². The molecule has 16 heavy (non-hydrogen) atoms. The number of ether oxygens (including phenoxy) is 1. The van der Waals surface area contributed by atoms with E-state index < -0.39 is 11.3 Å². The Labute approximate surface area is 102 Å². The average Bonchev–Trinajstić information content (AvgIpc) is 2.23. The maximum atomic E-state index is 11.2. The van der Waals surface area contributed by atoms with E-state index in [2.05, 4.69) is 6.92 Å². The third-order valence-electron chi connectivity index (χ3n) is 2.36. The van der Waals surface area contributed by atoms with Crippen molar-refractivity contribution in [2.75, 3.05) is 0 Å². The fraction of sp³-hybridized carbons (Fsp3) is 0.833. The lowest BCUT2D eigenvalue weighted by molar-refractivity contribution is -0.151. The highest BCUT2D eigenvalue weighted by molar-refractivity contribution is 6.64. The number of esters is 1. The van der Waals surface area contributed by atoms with Gasteiger partial charge < -0.3 is 4.74 Å². The zero-order valence-electron chi connectivity index (χ0n) is 10.1. The minimum absolute atomic E-state index is 0.336. The van der Waals surface area contributed by atoms with Crippen LogP contribution in [-0.2, 0) is 14.3 Å². The summed E-state index contributed by atoms with van der Waals surface area (Å²) < 4.78 is 4.82. The smallest absolute Gasteiger partial charge is 0.306 e. The number of hydrogen-bond acceptors (Lipinski definition) is 3. The molecule has 1 unspecified atom stereocenters. The predicted molar refractivity (Wildman–Crippen MR) is 64.4 cm³/mol. The average molecular weight is 249 g/mol. The summed E-state index contributed by atoms with van der Waals surface area (Å²) >= 11 is 5.17. The molecule has 0 bridgehead atoms. The van der Waals surface area contributed by atoms with Crippen molar-refractivity contribution in [2.45, 2.75) is 64.9 Å².